The van der Waals surface area contributed by atoms with E-state index in [0.29, 0.717) is 12.8 Å². The maximum Gasteiger partial charge on any atom is 0.407 e. The molecule has 1 saturated carbocycles. The van der Waals surface area contributed by atoms with Gasteiger partial charge in [-0.1, -0.05) is 75.2 Å². The van der Waals surface area contributed by atoms with E-state index in [1.807, 2.05) is 38.1 Å². The van der Waals surface area contributed by atoms with Gasteiger partial charge in [-0.15, -0.1) is 0 Å². The van der Waals surface area contributed by atoms with E-state index in [1.165, 1.54) is 0 Å². The summed E-state index contributed by atoms with van der Waals surface area (Å²) in [6.45, 7) is 4.04. The molecule has 0 bridgehead atoms. The SMILES string of the molecule is CC(C)C(CNC(=O)OCC1c2ccccc2-c2ccccc21)C(=O)NC1(C(=O)O)CCCC1. The topological polar surface area (TPSA) is 105 Å². The van der Waals surface area contributed by atoms with Crippen LogP contribution in [0.2, 0.25) is 0 Å². The maximum absolute atomic E-state index is 12.9. The van der Waals surface area contributed by atoms with Crippen LogP contribution in [0.15, 0.2) is 48.5 Å². The Labute approximate surface area is 199 Å². The van der Waals surface area contributed by atoms with Crippen LogP contribution in [-0.2, 0) is 14.3 Å². The van der Waals surface area contributed by atoms with Crippen LogP contribution in [0.4, 0.5) is 4.79 Å². The third-order valence-corrected chi connectivity index (χ3v) is 7.18. The standard InChI is InChI=1S/C27H32N2O5/c1-17(2)22(24(30)29-27(25(31)32)13-7-8-14-27)15-28-26(33)34-16-23-20-11-5-3-9-18(20)19-10-4-6-12-21(19)23/h3-6,9-12,17,22-23H,7-8,13-16H2,1-2H3,(H,28,33)(H,29,30)(H,31,32). The van der Waals surface area contributed by atoms with Gasteiger partial charge >= 0.3 is 12.1 Å². The number of carboxylic acid groups (broad SMARTS) is 1. The smallest absolute Gasteiger partial charge is 0.407 e. The number of carboxylic acids is 1. The van der Waals surface area contributed by atoms with Gasteiger partial charge in [0, 0.05) is 12.5 Å². The van der Waals surface area contributed by atoms with Crippen molar-refractivity contribution in [1.82, 2.24) is 10.6 Å². The van der Waals surface area contributed by atoms with Gasteiger partial charge in [0.2, 0.25) is 5.91 Å². The minimum absolute atomic E-state index is 0.0415. The maximum atomic E-state index is 12.9. The van der Waals surface area contributed by atoms with Crippen molar-refractivity contribution in [3.05, 3.63) is 59.7 Å². The molecule has 3 N–H and O–H groups in total. The van der Waals surface area contributed by atoms with Gasteiger partial charge in [0.15, 0.2) is 0 Å². The van der Waals surface area contributed by atoms with Crippen LogP contribution in [0.25, 0.3) is 11.1 Å². The zero-order chi connectivity index (χ0) is 24.3. The molecule has 4 rings (SSSR count). The minimum atomic E-state index is -1.20. The van der Waals surface area contributed by atoms with Crippen LogP contribution in [0, 0.1) is 11.8 Å². The number of nitrogens with one attached hydrogen (secondary N) is 2. The summed E-state index contributed by atoms with van der Waals surface area (Å²) in [5, 5.41) is 15.1. The molecule has 2 aromatic rings. The lowest BCUT2D eigenvalue weighted by atomic mass is 9.91. The number of hydrogen-bond donors (Lipinski definition) is 3. The molecule has 0 spiro atoms. The second kappa shape index (κ2) is 9.87. The van der Waals surface area contributed by atoms with E-state index >= 15 is 0 Å². The molecule has 0 aromatic heterocycles. The number of amides is 2. The van der Waals surface area contributed by atoms with Crippen molar-refractivity contribution in [2.24, 2.45) is 11.8 Å². The fourth-order valence-electron chi connectivity index (χ4n) is 5.17. The highest BCUT2D eigenvalue weighted by molar-refractivity contribution is 5.88. The molecule has 180 valence electrons. The molecule has 7 nitrogen and oxygen atoms in total. The summed E-state index contributed by atoms with van der Waals surface area (Å²) in [6, 6.07) is 16.2. The molecular formula is C27H32N2O5. The van der Waals surface area contributed by atoms with E-state index in [2.05, 4.69) is 34.9 Å². The van der Waals surface area contributed by atoms with Crippen LogP contribution < -0.4 is 10.6 Å². The van der Waals surface area contributed by atoms with E-state index in [1.54, 1.807) is 0 Å². The Balaban J connectivity index is 1.36. The Kier molecular flexibility index (Phi) is 6.91. The summed E-state index contributed by atoms with van der Waals surface area (Å²) in [5.41, 5.74) is 3.37. The molecule has 0 radical (unpaired) electrons. The Hall–Kier alpha value is -3.35. The molecule has 7 heteroatoms. The number of alkyl carbamates (subject to hydrolysis) is 1. The molecule has 2 aromatic carbocycles. The predicted molar refractivity (Wildman–Crippen MR) is 128 cm³/mol. The highest BCUT2D eigenvalue weighted by Crippen LogP contribution is 2.44. The van der Waals surface area contributed by atoms with Gasteiger partial charge in [-0.05, 0) is 41.0 Å². The van der Waals surface area contributed by atoms with Crippen LogP contribution in [0.5, 0.6) is 0 Å². The fraction of sp³-hybridized carbons (Fsp3) is 0.444. The molecule has 2 aliphatic carbocycles. The van der Waals surface area contributed by atoms with Gasteiger partial charge in [-0.25, -0.2) is 9.59 Å². The monoisotopic (exact) mass is 464 g/mol. The van der Waals surface area contributed by atoms with Crippen molar-refractivity contribution in [3.8, 4) is 11.1 Å². The first kappa shape index (κ1) is 23.8. The van der Waals surface area contributed by atoms with Crippen molar-refractivity contribution >= 4 is 18.0 Å². The highest BCUT2D eigenvalue weighted by Gasteiger charge is 2.44. The zero-order valence-corrected chi connectivity index (χ0v) is 19.7. The summed E-state index contributed by atoms with van der Waals surface area (Å²) in [5.74, 6) is -2.03. The third kappa shape index (κ3) is 4.65. The van der Waals surface area contributed by atoms with Gasteiger partial charge < -0.3 is 20.5 Å². The van der Waals surface area contributed by atoms with Gasteiger partial charge in [0.05, 0.1) is 5.92 Å². The van der Waals surface area contributed by atoms with Crippen molar-refractivity contribution in [1.29, 1.82) is 0 Å². The number of rotatable bonds is 8. The Morgan fingerprint density at radius 1 is 1.00 bits per heavy atom. The number of carbonyl (C=O) groups excluding carboxylic acids is 2. The quantitative estimate of drug-likeness (QED) is 0.540. The minimum Gasteiger partial charge on any atom is -0.480 e. The summed E-state index contributed by atoms with van der Waals surface area (Å²) >= 11 is 0. The zero-order valence-electron chi connectivity index (χ0n) is 19.7. The van der Waals surface area contributed by atoms with Crippen LogP contribution >= 0.6 is 0 Å². The lowest BCUT2D eigenvalue weighted by Crippen LogP contribution is -2.55. The van der Waals surface area contributed by atoms with Crippen LogP contribution in [0.1, 0.15) is 56.6 Å². The summed E-state index contributed by atoms with van der Waals surface area (Å²) in [6.07, 6.45) is 1.82. The highest BCUT2D eigenvalue weighted by atomic mass is 16.5. The van der Waals surface area contributed by atoms with Gasteiger partial charge in [-0.3, -0.25) is 4.79 Å². The van der Waals surface area contributed by atoms with Gasteiger partial charge in [0.1, 0.15) is 12.1 Å². The van der Waals surface area contributed by atoms with Crippen LogP contribution in [0.3, 0.4) is 0 Å². The van der Waals surface area contributed by atoms with Crippen LogP contribution in [-0.4, -0.2) is 41.8 Å². The first-order chi connectivity index (χ1) is 16.3. The molecule has 1 unspecified atom stereocenters. The van der Waals surface area contributed by atoms with Gasteiger partial charge in [0.25, 0.3) is 0 Å². The summed E-state index contributed by atoms with van der Waals surface area (Å²) in [7, 11) is 0. The molecule has 34 heavy (non-hydrogen) atoms. The number of benzene rings is 2. The molecule has 1 fully saturated rings. The van der Waals surface area contributed by atoms with E-state index in [-0.39, 0.29) is 30.9 Å². The average molecular weight is 465 g/mol. The first-order valence-electron chi connectivity index (χ1n) is 12.0. The van der Waals surface area contributed by atoms with Gasteiger partial charge in [-0.2, -0.15) is 0 Å². The lowest BCUT2D eigenvalue weighted by molar-refractivity contribution is -0.148. The van der Waals surface area contributed by atoms with Crippen molar-refractivity contribution in [3.63, 3.8) is 0 Å². The predicted octanol–water partition coefficient (Wildman–Crippen LogP) is 4.31. The number of fused-ring (bicyclic) bond motifs is 3. The molecule has 1 atom stereocenters. The molecule has 2 amide bonds. The Morgan fingerprint density at radius 3 is 2.09 bits per heavy atom. The second-order valence-electron chi connectivity index (χ2n) is 9.64. The number of ether oxygens (including phenoxy) is 1. The molecule has 0 saturated heterocycles. The lowest BCUT2D eigenvalue weighted by Gasteiger charge is -2.29. The molecule has 2 aliphatic rings. The normalized spacial score (nSPS) is 17.0. The molecule has 0 heterocycles. The third-order valence-electron chi connectivity index (χ3n) is 7.18. The van der Waals surface area contributed by atoms with Crippen molar-refractivity contribution < 1.29 is 24.2 Å². The van der Waals surface area contributed by atoms with Crippen molar-refractivity contribution in [2.75, 3.05) is 13.2 Å². The largest absolute Gasteiger partial charge is 0.480 e. The molecule has 0 aliphatic heterocycles. The Bertz CT molecular complexity index is 1030. The number of aliphatic carboxylic acids is 1. The average Bonchev–Trinajstić information content (AvgIpc) is 3.41. The Morgan fingerprint density at radius 2 is 1.56 bits per heavy atom. The van der Waals surface area contributed by atoms with Crippen molar-refractivity contribution in [2.45, 2.75) is 51.0 Å². The summed E-state index contributed by atoms with van der Waals surface area (Å²) < 4.78 is 5.57. The first-order valence-corrected chi connectivity index (χ1v) is 12.0. The number of carbonyl (C=O) groups is 3. The number of hydrogen-bond acceptors (Lipinski definition) is 4. The molecular weight excluding hydrogens is 432 g/mol. The summed E-state index contributed by atoms with van der Waals surface area (Å²) in [4.78, 5) is 37.3. The van der Waals surface area contributed by atoms with E-state index < -0.39 is 23.5 Å². The van der Waals surface area contributed by atoms with E-state index in [9.17, 15) is 19.5 Å². The fourth-order valence-corrected chi connectivity index (χ4v) is 5.17. The second-order valence-corrected chi connectivity index (χ2v) is 9.64. The van der Waals surface area contributed by atoms with E-state index in [4.69, 9.17) is 4.74 Å². The van der Waals surface area contributed by atoms with E-state index in [0.717, 1.165) is 35.1 Å².